The number of ether oxygens (including phenoxy) is 2. The van der Waals surface area contributed by atoms with Crippen LogP contribution in [0.25, 0.3) is 11.1 Å². The smallest absolute Gasteiger partial charge is 0.341 e. The van der Waals surface area contributed by atoms with Crippen LogP contribution in [0.3, 0.4) is 0 Å². The number of benzene rings is 3. The highest BCUT2D eigenvalue weighted by Gasteiger charge is 2.25. The molecule has 2 aromatic heterocycles. The summed E-state index contributed by atoms with van der Waals surface area (Å²) in [6.45, 7) is 8.59. The molecule has 0 unspecified atom stereocenters. The molecular formula is C33H32N4O3S2. The summed E-state index contributed by atoms with van der Waals surface area (Å²) in [5.74, 6) is 1.17. The van der Waals surface area contributed by atoms with E-state index in [1.807, 2.05) is 110 Å². The molecule has 0 amide bonds. The predicted octanol–water partition coefficient (Wildman–Crippen LogP) is 8.36. The van der Waals surface area contributed by atoms with Gasteiger partial charge in [0.25, 0.3) is 0 Å². The van der Waals surface area contributed by atoms with Crippen LogP contribution in [0, 0.1) is 20.8 Å². The Labute approximate surface area is 255 Å². The largest absolute Gasteiger partial charge is 0.462 e. The number of carbonyl (C=O) groups is 1. The van der Waals surface area contributed by atoms with E-state index in [2.05, 4.69) is 10.6 Å². The van der Waals surface area contributed by atoms with Gasteiger partial charge >= 0.3 is 5.97 Å². The zero-order valence-corrected chi connectivity index (χ0v) is 25.6. The van der Waals surface area contributed by atoms with Gasteiger partial charge in [-0.1, -0.05) is 60.7 Å². The quantitative estimate of drug-likeness (QED) is 0.131. The number of para-hydroxylation sites is 1. The Morgan fingerprint density at radius 2 is 1.62 bits per heavy atom. The molecule has 0 saturated carbocycles. The average molecular weight is 597 g/mol. The summed E-state index contributed by atoms with van der Waals surface area (Å²) < 4.78 is 13.4. The van der Waals surface area contributed by atoms with E-state index in [1.165, 1.54) is 11.3 Å². The molecule has 0 bridgehead atoms. The van der Waals surface area contributed by atoms with Gasteiger partial charge in [-0.15, -0.1) is 11.3 Å². The summed E-state index contributed by atoms with van der Waals surface area (Å²) in [5, 5.41) is 12.3. The van der Waals surface area contributed by atoms with Crippen molar-refractivity contribution in [1.82, 2.24) is 9.78 Å². The summed E-state index contributed by atoms with van der Waals surface area (Å²) in [5.41, 5.74) is 5.91. The lowest BCUT2D eigenvalue weighted by atomic mass is 10.0. The number of nitrogens with one attached hydrogen (secondary N) is 2. The van der Waals surface area contributed by atoms with Gasteiger partial charge in [0.2, 0.25) is 0 Å². The first-order valence-electron chi connectivity index (χ1n) is 13.6. The van der Waals surface area contributed by atoms with Crippen LogP contribution in [-0.2, 0) is 11.3 Å². The summed E-state index contributed by atoms with van der Waals surface area (Å²) >= 11 is 7.19. The number of hydrogen-bond donors (Lipinski definition) is 2. The lowest BCUT2D eigenvalue weighted by molar-refractivity contribution is 0.0529. The summed E-state index contributed by atoms with van der Waals surface area (Å²) in [7, 11) is 0. The maximum atomic E-state index is 13.1. The van der Waals surface area contributed by atoms with Gasteiger partial charge in [-0.25, -0.2) is 4.79 Å². The molecule has 0 atom stereocenters. The Kier molecular flexibility index (Phi) is 9.00. The van der Waals surface area contributed by atoms with Gasteiger partial charge in [-0.3, -0.25) is 4.68 Å². The van der Waals surface area contributed by atoms with E-state index in [9.17, 15) is 4.79 Å². The molecule has 2 N–H and O–H groups in total. The third kappa shape index (κ3) is 6.53. The highest BCUT2D eigenvalue weighted by atomic mass is 32.1. The van der Waals surface area contributed by atoms with Gasteiger partial charge in [0.05, 0.1) is 30.2 Å². The van der Waals surface area contributed by atoms with Crippen LogP contribution in [0.1, 0.15) is 39.1 Å². The standard InChI is InChI=1S/C33H32N4O3S2/c1-5-39-32(38)29-28(25-14-8-6-9-15-25)23(4)42-31(29)35-33(41)34-30-21(2)36-37(22(30)3)20-24-13-12-18-27(19-24)40-26-16-10-7-11-17-26/h6-19H,5,20H2,1-4H3,(H2,34,35,41). The number of rotatable bonds is 9. The van der Waals surface area contributed by atoms with E-state index >= 15 is 0 Å². The minimum Gasteiger partial charge on any atom is -0.462 e. The van der Waals surface area contributed by atoms with Crippen LogP contribution in [0.5, 0.6) is 11.5 Å². The molecule has 0 aliphatic carbocycles. The average Bonchev–Trinajstić information content (AvgIpc) is 3.44. The van der Waals surface area contributed by atoms with Crippen molar-refractivity contribution in [1.29, 1.82) is 0 Å². The van der Waals surface area contributed by atoms with Gasteiger partial charge in [0.1, 0.15) is 22.1 Å². The number of thiocarbonyl (C=S) groups is 1. The van der Waals surface area contributed by atoms with Crippen molar-refractivity contribution in [2.75, 3.05) is 17.2 Å². The van der Waals surface area contributed by atoms with E-state index in [-0.39, 0.29) is 12.6 Å². The molecule has 3 aromatic carbocycles. The number of hydrogen-bond acceptors (Lipinski definition) is 6. The number of nitrogens with zero attached hydrogens (tertiary/aromatic N) is 2. The van der Waals surface area contributed by atoms with Crippen molar-refractivity contribution in [3.63, 3.8) is 0 Å². The number of aryl methyl sites for hydroxylation is 2. The van der Waals surface area contributed by atoms with Crippen LogP contribution in [0.4, 0.5) is 10.7 Å². The number of aromatic nitrogens is 2. The van der Waals surface area contributed by atoms with Gasteiger partial charge in [-0.2, -0.15) is 5.10 Å². The Balaban J connectivity index is 1.34. The Hall–Kier alpha value is -4.47. The van der Waals surface area contributed by atoms with Crippen LogP contribution < -0.4 is 15.4 Å². The fourth-order valence-electron chi connectivity index (χ4n) is 4.77. The second kappa shape index (κ2) is 13.0. The Bertz CT molecular complexity index is 1710. The maximum Gasteiger partial charge on any atom is 0.341 e. The van der Waals surface area contributed by atoms with E-state index in [1.54, 1.807) is 6.92 Å². The summed E-state index contributed by atoms with van der Waals surface area (Å²) in [6, 6.07) is 27.5. The van der Waals surface area contributed by atoms with Crippen molar-refractivity contribution in [3.8, 4) is 22.6 Å². The molecular weight excluding hydrogens is 565 g/mol. The third-order valence-corrected chi connectivity index (χ3v) is 7.91. The molecule has 0 aliphatic heterocycles. The molecule has 5 aromatic rings. The van der Waals surface area contributed by atoms with Gasteiger partial charge in [0, 0.05) is 10.4 Å². The second-order valence-corrected chi connectivity index (χ2v) is 11.3. The normalized spacial score (nSPS) is 10.8. The van der Waals surface area contributed by atoms with Crippen molar-refractivity contribution in [2.45, 2.75) is 34.2 Å². The third-order valence-electron chi connectivity index (χ3n) is 6.68. The highest BCUT2D eigenvalue weighted by Crippen LogP contribution is 2.40. The predicted molar refractivity (Wildman–Crippen MR) is 174 cm³/mol. The first kappa shape index (κ1) is 29.0. The number of thiophene rings is 1. The number of esters is 1. The van der Waals surface area contributed by atoms with Crippen LogP contribution >= 0.6 is 23.6 Å². The van der Waals surface area contributed by atoms with Crippen molar-refractivity contribution < 1.29 is 14.3 Å². The van der Waals surface area contributed by atoms with Crippen LogP contribution in [-0.4, -0.2) is 27.5 Å². The first-order chi connectivity index (χ1) is 20.3. The SMILES string of the molecule is CCOC(=O)c1c(NC(=S)Nc2c(C)nn(Cc3cccc(Oc4ccccc4)c3)c2C)sc(C)c1-c1ccccc1. The molecule has 0 radical (unpaired) electrons. The summed E-state index contributed by atoms with van der Waals surface area (Å²) in [4.78, 5) is 14.1. The molecule has 0 spiro atoms. The number of carbonyl (C=O) groups excluding carboxylic acids is 1. The maximum absolute atomic E-state index is 13.1. The zero-order valence-electron chi connectivity index (χ0n) is 23.9. The molecule has 9 heteroatoms. The minimum absolute atomic E-state index is 0.281. The van der Waals surface area contributed by atoms with E-state index in [4.69, 9.17) is 26.8 Å². The molecule has 5 rings (SSSR count). The van der Waals surface area contributed by atoms with Gasteiger partial charge in [-0.05, 0) is 75.3 Å². The molecule has 0 saturated heterocycles. The van der Waals surface area contributed by atoms with Crippen molar-refractivity contribution >= 4 is 45.3 Å². The Morgan fingerprint density at radius 3 is 2.33 bits per heavy atom. The van der Waals surface area contributed by atoms with Crippen LogP contribution in [0.2, 0.25) is 0 Å². The monoisotopic (exact) mass is 596 g/mol. The highest BCUT2D eigenvalue weighted by molar-refractivity contribution is 7.80. The summed E-state index contributed by atoms with van der Waals surface area (Å²) in [6.07, 6.45) is 0. The minimum atomic E-state index is -0.385. The molecule has 0 aliphatic rings. The first-order valence-corrected chi connectivity index (χ1v) is 14.9. The zero-order chi connectivity index (χ0) is 29.6. The van der Waals surface area contributed by atoms with Gasteiger partial charge in [0.15, 0.2) is 5.11 Å². The van der Waals surface area contributed by atoms with E-state index in [0.29, 0.717) is 22.2 Å². The molecule has 42 heavy (non-hydrogen) atoms. The molecule has 7 nitrogen and oxygen atoms in total. The molecule has 214 valence electrons. The van der Waals surface area contributed by atoms with Crippen molar-refractivity contribution in [3.05, 3.63) is 112 Å². The van der Waals surface area contributed by atoms with Gasteiger partial charge < -0.3 is 20.1 Å². The van der Waals surface area contributed by atoms with E-state index in [0.717, 1.165) is 50.1 Å². The Morgan fingerprint density at radius 1 is 0.929 bits per heavy atom. The fraction of sp³-hybridized carbons (Fsp3) is 0.182. The second-order valence-electron chi connectivity index (χ2n) is 9.67. The molecule has 2 heterocycles. The van der Waals surface area contributed by atoms with E-state index < -0.39 is 0 Å². The topological polar surface area (TPSA) is 77.4 Å². The molecule has 0 fully saturated rings. The van der Waals surface area contributed by atoms with Crippen LogP contribution in [0.15, 0.2) is 84.9 Å². The lowest BCUT2D eigenvalue weighted by Crippen LogP contribution is -2.21. The fourth-order valence-corrected chi connectivity index (χ4v) is 6.11. The van der Waals surface area contributed by atoms with Crippen molar-refractivity contribution in [2.24, 2.45) is 0 Å². The lowest BCUT2D eigenvalue weighted by Gasteiger charge is -2.13. The number of anilines is 2.